The summed E-state index contributed by atoms with van der Waals surface area (Å²) < 4.78 is 10.9. The summed E-state index contributed by atoms with van der Waals surface area (Å²) in [5, 5.41) is 3.90. The molecule has 0 aliphatic carbocycles. The van der Waals surface area contributed by atoms with E-state index in [4.69, 9.17) is 14.5 Å². The molecule has 2 aromatic carbocycles. The van der Waals surface area contributed by atoms with E-state index in [1.165, 1.54) is 14.0 Å². The Morgan fingerprint density at radius 1 is 1.07 bits per heavy atom. The van der Waals surface area contributed by atoms with Gasteiger partial charge in [0.1, 0.15) is 6.61 Å². The number of fused-ring (bicyclic) bond motifs is 1. The van der Waals surface area contributed by atoms with Crippen LogP contribution in [0.3, 0.4) is 0 Å². The summed E-state index contributed by atoms with van der Waals surface area (Å²) in [7, 11) is 1.39. The van der Waals surface area contributed by atoms with E-state index in [0.717, 1.165) is 51.7 Å². The summed E-state index contributed by atoms with van der Waals surface area (Å²) in [6.07, 6.45) is 4.09. The van der Waals surface area contributed by atoms with Gasteiger partial charge in [0.2, 0.25) is 5.91 Å². The minimum absolute atomic E-state index is 0. The molecule has 1 aromatic heterocycles. The van der Waals surface area contributed by atoms with Gasteiger partial charge in [0, 0.05) is 24.0 Å². The fourth-order valence-corrected chi connectivity index (χ4v) is 4.90. The number of rotatable bonds is 14. The number of benzene rings is 2. The van der Waals surface area contributed by atoms with Crippen molar-refractivity contribution in [1.29, 1.82) is 0 Å². The van der Waals surface area contributed by atoms with Crippen LogP contribution in [0.5, 0.6) is 0 Å². The van der Waals surface area contributed by atoms with Gasteiger partial charge in [-0.25, -0.2) is 11.3 Å². The number of nitrogens with zero attached hydrogens (tertiary/aromatic N) is 1. The van der Waals surface area contributed by atoms with Crippen LogP contribution in [-0.2, 0) is 43.3 Å². The molecule has 1 unspecified atom stereocenters. The molecule has 0 fully saturated rings. The number of amides is 1. The number of allylic oxidation sites excluding steroid dienone is 2. The molecule has 0 aliphatic heterocycles. The number of methoxy groups -OCH3 is 1. The number of carbonyl (C=O) groups is 2. The van der Waals surface area contributed by atoms with Crippen LogP contribution in [0.1, 0.15) is 70.9 Å². The number of anilines is 1. The number of Topliss-reactive ketones (excluding diaryl/α,β-unsaturated/α-hetero) is 1. The zero-order chi connectivity index (χ0) is 32.8. The molecule has 45 heavy (non-hydrogen) atoms. The van der Waals surface area contributed by atoms with Crippen LogP contribution in [-0.4, -0.2) is 42.8 Å². The molecule has 238 valence electrons. The van der Waals surface area contributed by atoms with Gasteiger partial charge in [0.25, 0.3) is 0 Å². The number of hydrogen-bond donors (Lipinski definition) is 1. The zero-order valence-electron chi connectivity index (χ0n) is 27.9. The van der Waals surface area contributed by atoms with Crippen molar-refractivity contribution in [2.24, 2.45) is 5.92 Å². The monoisotopic (exact) mass is 836 g/mol. The van der Waals surface area contributed by atoms with Gasteiger partial charge in [-0.05, 0) is 73.1 Å². The maximum Gasteiger partial charge on any atom is 2.00 e. The van der Waals surface area contributed by atoms with Crippen molar-refractivity contribution >= 4 is 40.1 Å². The van der Waals surface area contributed by atoms with Gasteiger partial charge in [0.15, 0.2) is 0 Å². The Balaban J connectivity index is 0.00000331. The number of ketones is 1. The molecule has 0 spiro atoms. The maximum atomic E-state index is 12.6. The fraction of sp³-hybridized carbons (Fsp3) is 0.378. The minimum atomic E-state index is -1.04. The third-order valence-electron chi connectivity index (χ3n) is 6.94. The predicted octanol–water partition coefficient (Wildman–Crippen LogP) is 7.42. The van der Waals surface area contributed by atoms with Gasteiger partial charge in [-0.1, -0.05) is 71.1 Å². The normalized spacial score (nSPS) is 12.4. The molecular weight excluding hydrogens is 790 g/mol. The van der Waals surface area contributed by atoms with E-state index in [0.29, 0.717) is 23.8 Å². The molecule has 3 rings (SSSR count). The number of ether oxygens (including phenoxy) is 2. The molecule has 0 radical (unpaired) electrons. The third-order valence-corrected chi connectivity index (χ3v) is 6.94. The second-order valence-corrected chi connectivity index (χ2v) is 10.7. The van der Waals surface area contributed by atoms with Crippen LogP contribution in [0.15, 0.2) is 65.8 Å². The van der Waals surface area contributed by atoms with Crippen molar-refractivity contribution in [1.82, 2.24) is 4.98 Å². The molecule has 0 bridgehead atoms. The zero-order valence-corrected chi connectivity index (χ0v) is 32.0. The first kappa shape index (κ1) is 40.0. The van der Waals surface area contributed by atoms with Crippen molar-refractivity contribution in [3.05, 3.63) is 95.1 Å². The van der Waals surface area contributed by atoms with Gasteiger partial charge in [-0.15, -0.1) is 11.6 Å². The molecule has 1 amide bonds. The first-order chi connectivity index (χ1) is 21.1. The van der Waals surface area contributed by atoms with Crippen LogP contribution in [0.2, 0.25) is 0 Å². The van der Waals surface area contributed by atoms with Crippen molar-refractivity contribution in [3.63, 3.8) is 0 Å². The second kappa shape index (κ2) is 20.2. The van der Waals surface area contributed by atoms with Gasteiger partial charge in [0.05, 0.1) is 17.8 Å². The number of pyridine rings is 1. The van der Waals surface area contributed by atoms with Crippen molar-refractivity contribution in [3.8, 4) is 0 Å². The molecule has 0 aliphatic rings. The first-order valence-electron chi connectivity index (χ1n) is 15.1. The van der Waals surface area contributed by atoms with E-state index < -0.39 is 6.10 Å². The standard InChI is InChI=1S/C35H40N2O5.C2H6.U/c1-8-28-30-18-27(36-34(40)21-42-20-26-12-10-9-11-13-26)14-15-32(30)37-35(31(28)16-22(2)3)23(4)17-29(24(5)25(6)39)33(19-38)41-7;1-2;/h9-15,17-18,22,33H,5,8,16,20-21H2,1-4,6-7H3,(H,36,40);1-2H3;/q-2;;+2/b23-17+,29-24+;;. The van der Waals surface area contributed by atoms with Crippen LogP contribution < -0.4 is 5.32 Å². The summed E-state index contributed by atoms with van der Waals surface area (Å²) in [4.78, 5) is 41.5. The van der Waals surface area contributed by atoms with Gasteiger partial charge in [-0.2, -0.15) is 12.5 Å². The SMILES string of the molecule is CC.[CH2-]/C(C(C)=O)=C(/C=C(\C)c1nc2ccc(NC(=O)COCc3ccccc3)cc2c(CC)c1CC(C)C)C([C-]=O)OC.[U+2]. The molecule has 8 heteroatoms. The predicted molar refractivity (Wildman–Crippen MR) is 179 cm³/mol. The Hall–Kier alpha value is -3.02. The molecule has 7 nitrogen and oxygen atoms in total. The summed E-state index contributed by atoms with van der Waals surface area (Å²) in [5.41, 5.74) is 6.78. The van der Waals surface area contributed by atoms with Gasteiger partial charge < -0.3 is 24.4 Å². The summed E-state index contributed by atoms with van der Waals surface area (Å²) in [6, 6.07) is 15.4. The maximum absolute atomic E-state index is 12.6. The topological polar surface area (TPSA) is 94.6 Å². The van der Waals surface area contributed by atoms with Crippen molar-refractivity contribution in [2.75, 3.05) is 19.0 Å². The Labute approximate surface area is 292 Å². The van der Waals surface area contributed by atoms with Crippen LogP contribution >= 0.6 is 0 Å². The Morgan fingerprint density at radius 3 is 2.29 bits per heavy atom. The molecule has 1 heterocycles. The molecule has 0 saturated carbocycles. The second-order valence-electron chi connectivity index (χ2n) is 10.7. The van der Waals surface area contributed by atoms with E-state index in [-0.39, 0.29) is 55.0 Å². The molecule has 1 atom stereocenters. The minimum Gasteiger partial charge on any atom is -0.540 e. The van der Waals surface area contributed by atoms with E-state index in [1.807, 2.05) is 75.6 Å². The van der Waals surface area contributed by atoms with Crippen LogP contribution in [0.25, 0.3) is 16.5 Å². The number of aryl methyl sites for hydroxylation is 1. The van der Waals surface area contributed by atoms with Gasteiger partial charge in [-0.3, -0.25) is 4.79 Å². The Kier molecular flexibility index (Phi) is 17.9. The molecular formula is C37H46N2O5U. The van der Waals surface area contributed by atoms with Crippen LogP contribution in [0.4, 0.5) is 5.69 Å². The largest absolute Gasteiger partial charge is 2.00 e. The summed E-state index contributed by atoms with van der Waals surface area (Å²) >= 11 is 0. The van der Waals surface area contributed by atoms with E-state index in [9.17, 15) is 14.4 Å². The summed E-state index contributed by atoms with van der Waals surface area (Å²) in [5.74, 6) is -0.145. The summed E-state index contributed by atoms with van der Waals surface area (Å²) in [6.45, 7) is 17.9. The van der Waals surface area contributed by atoms with Gasteiger partial charge >= 0.3 is 31.1 Å². The Morgan fingerprint density at radius 2 is 1.73 bits per heavy atom. The van der Waals surface area contributed by atoms with E-state index in [1.54, 1.807) is 6.08 Å². The number of nitrogens with one attached hydrogen (secondary N) is 1. The first-order valence-corrected chi connectivity index (χ1v) is 15.1. The number of aromatic nitrogens is 1. The molecule has 1 N–H and O–H groups in total. The molecule has 3 aromatic rings. The van der Waals surface area contributed by atoms with Crippen LogP contribution in [0, 0.1) is 44.0 Å². The fourth-order valence-electron chi connectivity index (χ4n) is 4.90. The number of hydrogen-bond acceptors (Lipinski definition) is 6. The van der Waals surface area contributed by atoms with Crippen molar-refractivity contribution in [2.45, 2.75) is 74.0 Å². The quantitative estimate of drug-likeness (QED) is 0.103. The van der Waals surface area contributed by atoms with E-state index in [2.05, 4.69) is 33.0 Å². The third kappa shape index (κ3) is 11.4. The smallest absolute Gasteiger partial charge is 0.540 e. The average molecular weight is 837 g/mol. The Bertz CT molecular complexity index is 1500. The average Bonchev–Trinajstić information content (AvgIpc) is 3.01. The van der Waals surface area contributed by atoms with Crippen molar-refractivity contribution < 1.29 is 55.0 Å². The number of carbonyl (C=O) groups excluding carboxylic acids is 3. The molecule has 0 saturated heterocycles. The van der Waals surface area contributed by atoms with E-state index >= 15 is 0 Å².